The van der Waals surface area contributed by atoms with E-state index < -0.39 is 0 Å². The number of aromatic nitrogens is 1. The van der Waals surface area contributed by atoms with E-state index in [0.29, 0.717) is 0 Å². The molecule has 0 saturated heterocycles. The zero-order valence-electron chi connectivity index (χ0n) is 28.8. The molecule has 9 aromatic rings. The molecular formula is C49H32N3O+. The lowest BCUT2D eigenvalue weighted by molar-refractivity contribution is 0.670. The predicted octanol–water partition coefficient (Wildman–Crippen LogP) is 12.7. The third-order valence-electron chi connectivity index (χ3n) is 10.8. The number of nitrogens with zero attached hydrogens (tertiary/aromatic N) is 3. The molecule has 11 rings (SSSR count). The summed E-state index contributed by atoms with van der Waals surface area (Å²) in [6.07, 6.45) is 4.21. The fourth-order valence-corrected chi connectivity index (χ4v) is 8.38. The van der Waals surface area contributed by atoms with Crippen LogP contribution in [0.25, 0.3) is 77.7 Å². The van der Waals surface area contributed by atoms with E-state index in [1.54, 1.807) is 0 Å². The molecule has 7 aromatic carbocycles. The topological polar surface area (TPSA) is 32.3 Å². The molecule has 248 valence electrons. The van der Waals surface area contributed by atoms with Gasteiger partial charge in [0.15, 0.2) is 6.21 Å². The standard InChI is InChI=1S/C49H32N3O/c1-3-13-33(14-4-1)51-27-28-52(34-15-5-2-6-16-34)46-31-44-43(30-45(46)51)42-29-32(35-20-11-21-41-39-19-9-10-23-47(39)53-49(35)41)24-25-38(42)36-17-7-8-18-37(36)40-22-12-26-50-48(40)44/h1-27,29-31H,28H2/q+1. The van der Waals surface area contributed by atoms with Crippen LogP contribution in [-0.4, -0.2) is 17.7 Å². The van der Waals surface area contributed by atoms with E-state index in [1.165, 1.54) is 16.7 Å². The van der Waals surface area contributed by atoms with Crippen molar-refractivity contribution < 1.29 is 4.42 Å². The van der Waals surface area contributed by atoms with Gasteiger partial charge in [-0.3, -0.25) is 4.98 Å². The van der Waals surface area contributed by atoms with Gasteiger partial charge in [0.1, 0.15) is 23.4 Å². The SMILES string of the molecule is C1=[N+](c2ccccc2)c2cc3c(cc2N(c2ccccc2)C1)-c1ncccc1-c1ccccc1-c1ccc(-c2cccc4c2oc2ccccc24)cc1-3. The van der Waals surface area contributed by atoms with Crippen molar-refractivity contribution >= 4 is 50.9 Å². The van der Waals surface area contributed by atoms with Crippen molar-refractivity contribution in [2.75, 3.05) is 11.4 Å². The van der Waals surface area contributed by atoms with Crippen LogP contribution in [0.3, 0.4) is 0 Å². The van der Waals surface area contributed by atoms with E-state index in [-0.39, 0.29) is 0 Å². The Morgan fingerprint density at radius 1 is 0.509 bits per heavy atom. The van der Waals surface area contributed by atoms with Crippen LogP contribution in [-0.2, 0) is 0 Å². The Bertz CT molecular complexity index is 2920. The summed E-state index contributed by atoms with van der Waals surface area (Å²) in [6.45, 7) is 0.727. The zero-order valence-corrected chi connectivity index (χ0v) is 28.8. The number of anilines is 2. The summed E-state index contributed by atoms with van der Waals surface area (Å²) in [7, 11) is 0. The second-order valence-electron chi connectivity index (χ2n) is 13.7. The maximum Gasteiger partial charge on any atom is 0.235 e. The van der Waals surface area contributed by atoms with Crippen LogP contribution in [0.15, 0.2) is 180 Å². The van der Waals surface area contributed by atoms with Gasteiger partial charge in [0.25, 0.3) is 0 Å². The Hall–Kier alpha value is -7.04. The molecule has 4 nitrogen and oxygen atoms in total. The van der Waals surface area contributed by atoms with Crippen molar-refractivity contribution in [3.8, 4) is 55.8 Å². The zero-order chi connectivity index (χ0) is 34.9. The lowest BCUT2D eigenvalue weighted by Gasteiger charge is -2.29. The number of hydrogen-bond donors (Lipinski definition) is 0. The summed E-state index contributed by atoms with van der Waals surface area (Å²) in [6, 6.07) is 60.8. The number of benzene rings is 7. The summed E-state index contributed by atoms with van der Waals surface area (Å²) in [5.74, 6) is 0. The molecule has 1 aliphatic carbocycles. The van der Waals surface area contributed by atoms with Gasteiger partial charge in [-0.25, -0.2) is 0 Å². The molecule has 0 amide bonds. The highest BCUT2D eigenvalue weighted by atomic mass is 16.3. The quantitative estimate of drug-likeness (QED) is 0.174. The van der Waals surface area contributed by atoms with Crippen LogP contribution in [0.2, 0.25) is 0 Å². The molecule has 0 atom stereocenters. The molecule has 3 heterocycles. The minimum absolute atomic E-state index is 0.727. The number of pyridine rings is 1. The van der Waals surface area contributed by atoms with Gasteiger partial charge in [0.05, 0.1) is 5.69 Å². The molecule has 0 spiro atoms. The summed E-state index contributed by atoms with van der Waals surface area (Å²) in [5, 5.41) is 2.25. The largest absolute Gasteiger partial charge is 0.455 e. The van der Waals surface area contributed by atoms with Crippen LogP contribution in [0.4, 0.5) is 22.7 Å². The molecule has 0 N–H and O–H groups in total. The molecular weight excluding hydrogens is 647 g/mol. The predicted molar refractivity (Wildman–Crippen MR) is 220 cm³/mol. The Kier molecular flexibility index (Phi) is 6.58. The highest BCUT2D eigenvalue weighted by molar-refractivity contribution is 6.11. The highest BCUT2D eigenvalue weighted by Crippen LogP contribution is 2.52. The molecule has 4 heteroatoms. The molecule has 0 bridgehead atoms. The number of fused-ring (bicyclic) bond motifs is 12. The van der Waals surface area contributed by atoms with E-state index in [9.17, 15) is 0 Å². The van der Waals surface area contributed by atoms with Crippen LogP contribution in [0, 0.1) is 0 Å². The van der Waals surface area contributed by atoms with Gasteiger partial charge in [0, 0.05) is 57.5 Å². The van der Waals surface area contributed by atoms with E-state index in [1.807, 2.05) is 12.3 Å². The minimum atomic E-state index is 0.727. The molecule has 0 fully saturated rings. The monoisotopic (exact) mass is 678 g/mol. The van der Waals surface area contributed by atoms with Crippen molar-refractivity contribution in [3.63, 3.8) is 0 Å². The average Bonchev–Trinajstić information content (AvgIpc) is 3.62. The van der Waals surface area contributed by atoms with Crippen molar-refractivity contribution in [1.29, 1.82) is 0 Å². The summed E-state index contributed by atoms with van der Waals surface area (Å²) >= 11 is 0. The van der Waals surface area contributed by atoms with Crippen molar-refractivity contribution in [3.05, 3.63) is 176 Å². The average molecular weight is 679 g/mol. The normalized spacial score (nSPS) is 12.9. The lowest BCUT2D eigenvalue weighted by Crippen LogP contribution is -2.29. The first-order valence-corrected chi connectivity index (χ1v) is 18.1. The molecule has 0 unspecified atom stereocenters. The number of furan rings is 1. The third kappa shape index (κ3) is 4.62. The van der Waals surface area contributed by atoms with Gasteiger partial charge in [0.2, 0.25) is 11.4 Å². The Morgan fingerprint density at radius 3 is 2.06 bits per heavy atom. The Morgan fingerprint density at radius 2 is 1.19 bits per heavy atom. The first-order chi connectivity index (χ1) is 26.3. The summed E-state index contributed by atoms with van der Waals surface area (Å²) in [5.41, 5.74) is 17.5. The Balaban J connectivity index is 1.23. The van der Waals surface area contributed by atoms with Crippen molar-refractivity contribution in [2.24, 2.45) is 0 Å². The number of rotatable bonds is 3. The molecule has 2 aromatic heterocycles. The highest BCUT2D eigenvalue weighted by Gasteiger charge is 2.33. The molecule has 1 aliphatic heterocycles. The van der Waals surface area contributed by atoms with Crippen molar-refractivity contribution in [2.45, 2.75) is 0 Å². The fourth-order valence-electron chi connectivity index (χ4n) is 8.38. The van der Waals surface area contributed by atoms with E-state index in [4.69, 9.17) is 9.40 Å². The van der Waals surface area contributed by atoms with Crippen LogP contribution >= 0.6 is 0 Å². The maximum absolute atomic E-state index is 6.56. The second kappa shape index (κ2) is 11.8. The van der Waals surface area contributed by atoms with E-state index in [0.717, 1.165) is 90.3 Å². The van der Waals surface area contributed by atoms with Crippen LogP contribution in [0.1, 0.15) is 0 Å². The molecule has 53 heavy (non-hydrogen) atoms. The van der Waals surface area contributed by atoms with Crippen LogP contribution in [0.5, 0.6) is 0 Å². The first-order valence-electron chi connectivity index (χ1n) is 18.1. The first kappa shape index (κ1) is 29.7. The van der Waals surface area contributed by atoms with Gasteiger partial charge >= 0.3 is 0 Å². The van der Waals surface area contributed by atoms with Crippen LogP contribution < -0.4 is 9.48 Å². The van der Waals surface area contributed by atoms with E-state index >= 15 is 0 Å². The van der Waals surface area contributed by atoms with Gasteiger partial charge in [-0.2, -0.15) is 4.58 Å². The lowest BCUT2D eigenvalue weighted by atomic mass is 9.81. The molecule has 0 saturated carbocycles. The second-order valence-corrected chi connectivity index (χ2v) is 13.7. The Labute approximate surface area is 307 Å². The smallest absolute Gasteiger partial charge is 0.235 e. The minimum Gasteiger partial charge on any atom is -0.455 e. The van der Waals surface area contributed by atoms with E-state index in [2.05, 4.69) is 179 Å². The van der Waals surface area contributed by atoms with Gasteiger partial charge in [-0.05, 0) is 69.8 Å². The summed E-state index contributed by atoms with van der Waals surface area (Å²) in [4.78, 5) is 7.56. The van der Waals surface area contributed by atoms with Crippen molar-refractivity contribution in [1.82, 2.24) is 9.56 Å². The number of para-hydroxylation sites is 4. The maximum atomic E-state index is 6.56. The van der Waals surface area contributed by atoms with Gasteiger partial charge in [-0.1, -0.05) is 115 Å². The summed E-state index contributed by atoms with van der Waals surface area (Å²) < 4.78 is 8.91. The van der Waals surface area contributed by atoms with Gasteiger partial charge in [-0.15, -0.1) is 0 Å². The number of hydrogen-bond acceptors (Lipinski definition) is 3. The molecule has 2 aliphatic rings. The third-order valence-corrected chi connectivity index (χ3v) is 10.8. The fraction of sp³-hybridized carbons (Fsp3) is 0.0204. The molecule has 0 radical (unpaired) electrons. The van der Waals surface area contributed by atoms with Gasteiger partial charge < -0.3 is 9.32 Å².